The summed E-state index contributed by atoms with van der Waals surface area (Å²) in [7, 11) is 1.87. The maximum Gasteiger partial charge on any atom is 0.250 e. The fraction of sp³-hybridized carbons (Fsp3) is 0.583. The summed E-state index contributed by atoms with van der Waals surface area (Å²) in [5.74, 6) is 0. The van der Waals surface area contributed by atoms with Gasteiger partial charge in [-0.1, -0.05) is 19.9 Å². The van der Waals surface area contributed by atoms with Gasteiger partial charge in [0.2, 0.25) is 5.56 Å². The van der Waals surface area contributed by atoms with Crippen LogP contribution in [-0.2, 0) is 19.9 Å². The van der Waals surface area contributed by atoms with Gasteiger partial charge in [-0.25, -0.2) is 0 Å². The summed E-state index contributed by atoms with van der Waals surface area (Å²) in [6.45, 7) is 4.00. The van der Waals surface area contributed by atoms with E-state index in [-0.39, 0.29) is 5.56 Å². The second kappa shape index (κ2) is 4.99. The molecular weight excluding hydrogens is 174 g/mol. The Hall–Kier alpha value is -1.05. The molecule has 1 heterocycles. The lowest BCUT2D eigenvalue weighted by molar-refractivity contribution is 0.623. The van der Waals surface area contributed by atoms with Gasteiger partial charge < -0.3 is 4.57 Å². The van der Waals surface area contributed by atoms with Crippen molar-refractivity contribution in [3.05, 3.63) is 33.7 Å². The van der Waals surface area contributed by atoms with Crippen molar-refractivity contribution in [3.63, 3.8) is 0 Å². The van der Waals surface area contributed by atoms with Crippen molar-refractivity contribution in [2.75, 3.05) is 0 Å². The van der Waals surface area contributed by atoms with Crippen LogP contribution >= 0.6 is 0 Å². The molecule has 0 saturated heterocycles. The molecule has 0 saturated carbocycles. The van der Waals surface area contributed by atoms with Crippen LogP contribution in [0, 0.1) is 0 Å². The van der Waals surface area contributed by atoms with Crippen molar-refractivity contribution in [3.8, 4) is 0 Å². The molecule has 0 aliphatic heterocycles. The number of nitrogens with zero attached hydrogens (tertiary/aromatic N) is 1. The molecule has 14 heavy (non-hydrogen) atoms. The standard InChI is InChI=1S/C10H13NO.C2H6/c1-11-9-5-3-2-4-8(9)6-7-10(11)12;1-2/h6-7H,2-5H2,1H3;1-2H3. The predicted octanol–water partition coefficient (Wildman–Crippen LogP) is 2.29. The molecular formula is C12H19NO. The van der Waals surface area contributed by atoms with Crippen LogP contribution in [0.25, 0.3) is 0 Å². The van der Waals surface area contributed by atoms with Gasteiger partial charge in [-0.15, -0.1) is 0 Å². The van der Waals surface area contributed by atoms with Crippen molar-refractivity contribution >= 4 is 0 Å². The lowest BCUT2D eigenvalue weighted by atomic mass is 9.96. The van der Waals surface area contributed by atoms with Gasteiger partial charge in [-0.2, -0.15) is 0 Å². The maximum atomic E-state index is 11.3. The molecule has 0 spiro atoms. The van der Waals surface area contributed by atoms with E-state index in [2.05, 4.69) is 0 Å². The third-order valence-corrected chi connectivity index (χ3v) is 2.64. The minimum absolute atomic E-state index is 0.121. The summed E-state index contributed by atoms with van der Waals surface area (Å²) < 4.78 is 1.79. The van der Waals surface area contributed by atoms with E-state index in [1.54, 1.807) is 10.6 Å². The molecule has 0 atom stereocenters. The highest BCUT2D eigenvalue weighted by Crippen LogP contribution is 2.18. The van der Waals surface area contributed by atoms with E-state index in [4.69, 9.17) is 0 Å². The van der Waals surface area contributed by atoms with E-state index in [0.717, 1.165) is 12.8 Å². The normalized spacial score (nSPS) is 13.9. The zero-order valence-electron chi connectivity index (χ0n) is 9.34. The molecule has 1 aliphatic carbocycles. The smallest absolute Gasteiger partial charge is 0.250 e. The molecule has 78 valence electrons. The summed E-state index contributed by atoms with van der Waals surface area (Å²) in [5.41, 5.74) is 2.73. The van der Waals surface area contributed by atoms with Gasteiger partial charge in [0.1, 0.15) is 0 Å². The number of fused-ring (bicyclic) bond motifs is 1. The van der Waals surface area contributed by atoms with Gasteiger partial charge in [0.05, 0.1) is 0 Å². The van der Waals surface area contributed by atoms with Crippen LogP contribution in [0.2, 0.25) is 0 Å². The number of pyridine rings is 1. The minimum atomic E-state index is 0.121. The SMILES string of the molecule is CC.Cn1c2c(ccc1=O)CCCC2. The summed E-state index contributed by atoms with van der Waals surface area (Å²) >= 11 is 0. The topological polar surface area (TPSA) is 22.0 Å². The van der Waals surface area contributed by atoms with E-state index in [1.807, 2.05) is 27.0 Å². The number of aryl methyl sites for hydroxylation is 1. The van der Waals surface area contributed by atoms with Crippen molar-refractivity contribution in [1.82, 2.24) is 4.57 Å². The Balaban J connectivity index is 0.000000461. The summed E-state index contributed by atoms with van der Waals surface area (Å²) in [5, 5.41) is 0. The van der Waals surface area contributed by atoms with Crippen LogP contribution in [0.5, 0.6) is 0 Å². The Morgan fingerprint density at radius 3 is 2.50 bits per heavy atom. The summed E-state index contributed by atoms with van der Waals surface area (Å²) in [4.78, 5) is 11.3. The first kappa shape index (κ1) is 11.0. The first-order valence-electron chi connectivity index (χ1n) is 5.47. The molecule has 2 nitrogen and oxygen atoms in total. The fourth-order valence-electron chi connectivity index (χ4n) is 1.89. The molecule has 2 heteroatoms. The van der Waals surface area contributed by atoms with Gasteiger partial charge in [0.15, 0.2) is 0 Å². The third kappa shape index (κ3) is 2.06. The average Bonchev–Trinajstić information content (AvgIpc) is 2.27. The van der Waals surface area contributed by atoms with Gasteiger partial charge in [-0.05, 0) is 31.2 Å². The van der Waals surface area contributed by atoms with Gasteiger partial charge in [-0.3, -0.25) is 4.79 Å². The zero-order valence-corrected chi connectivity index (χ0v) is 9.34. The van der Waals surface area contributed by atoms with E-state index >= 15 is 0 Å². The Morgan fingerprint density at radius 1 is 1.14 bits per heavy atom. The van der Waals surface area contributed by atoms with E-state index in [1.165, 1.54) is 24.1 Å². The second-order valence-corrected chi connectivity index (χ2v) is 3.41. The minimum Gasteiger partial charge on any atom is -0.315 e. The molecule has 0 N–H and O–H groups in total. The number of hydrogen-bond donors (Lipinski definition) is 0. The molecule has 0 amide bonds. The second-order valence-electron chi connectivity index (χ2n) is 3.41. The first-order chi connectivity index (χ1) is 6.79. The monoisotopic (exact) mass is 193 g/mol. The molecule has 0 aromatic carbocycles. The van der Waals surface area contributed by atoms with Gasteiger partial charge in [0.25, 0.3) is 0 Å². The van der Waals surface area contributed by atoms with Crippen LogP contribution in [0.1, 0.15) is 37.9 Å². The van der Waals surface area contributed by atoms with Gasteiger partial charge in [0, 0.05) is 18.8 Å². The lowest BCUT2D eigenvalue weighted by Crippen LogP contribution is -2.22. The van der Waals surface area contributed by atoms with Crippen LogP contribution in [0.15, 0.2) is 16.9 Å². The Morgan fingerprint density at radius 2 is 1.79 bits per heavy atom. The molecule has 1 aromatic heterocycles. The van der Waals surface area contributed by atoms with Crippen molar-refractivity contribution < 1.29 is 0 Å². The molecule has 0 unspecified atom stereocenters. The molecule has 1 aromatic rings. The molecule has 0 radical (unpaired) electrons. The van der Waals surface area contributed by atoms with Crippen LogP contribution < -0.4 is 5.56 Å². The van der Waals surface area contributed by atoms with Crippen molar-refractivity contribution in [2.45, 2.75) is 39.5 Å². The van der Waals surface area contributed by atoms with Crippen molar-refractivity contribution in [2.24, 2.45) is 7.05 Å². The molecule has 1 aliphatic rings. The molecule has 2 rings (SSSR count). The molecule has 0 fully saturated rings. The zero-order chi connectivity index (χ0) is 10.6. The first-order valence-corrected chi connectivity index (χ1v) is 5.47. The number of hydrogen-bond acceptors (Lipinski definition) is 1. The summed E-state index contributed by atoms with van der Waals surface area (Å²) in [6.07, 6.45) is 4.71. The van der Waals surface area contributed by atoms with Crippen LogP contribution in [-0.4, -0.2) is 4.57 Å². The highest BCUT2D eigenvalue weighted by Gasteiger charge is 2.11. The quantitative estimate of drug-likeness (QED) is 0.619. The average molecular weight is 193 g/mol. The van der Waals surface area contributed by atoms with Crippen molar-refractivity contribution in [1.29, 1.82) is 0 Å². The fourth-order valence-corrected chi connectivity index (χ4v) is 1.89. The lowest BCUT2D eigenvalue weighted by Gasteiger charge is -2.17. The molecule has 0 bridgehead atoms. The van der Waals surface area contributed by atoms with Crippen LogP contribution in [0.3, 0.4) is 0 Å². The van der Waals surface area contributed by atoms with Crippen LogP contribution in [0.4, 0.5) is 0 Å². The Kier molecular flexibility index (Phi) is 3.93. The number of rotatable bonds is 0. The largest absolute Gasteiger partial charge is 0.315 e. The van der Waals surface area contributed by atoms with E-state index < -0.39 is 0 Å². The number of aromatic nitrogens is 1. The van der Waals surface area contributed by atoms with E-state index in [9.17, 15) is 4.79 Å². The van der Waals surface area contributed by atoms with Gasteiger partial charge >= 0.3 is 0 Å². The predicted molar refractivity (Wildman–Crippen MR) is 59.7 cm³/mol. The maximum absolute atomic E-state index is 11.3. The Labute approximate surface area is 85.6 Å². The van der Waals surface area contributed by atoms with E-state index in [0.29, 0.717) is 0 Å². The third-order valence-electron chi connectivity index (χ3n) is 2.64. The highest BCUT2D eigenvalue weighted by atomic mass is 16.1. The highest BCUT2D eigenvalue weighted by molar-refractivity contribution is 5.23. The summed E-state index contributed by atoms with van der Waals surface area (Å²) in [6, 6.07) is 3.65. The Bertz CT molecular complexity index is 352.